The van der Waals surface area contributed by atoms with Gasteiger partial charge in [0.2, 0.25) is 0 Å². The lowest BCUT2D eigenvalue weighted by Gasteiger charge is -2.39. The Kier molecular flexibility index (Phi) is 3.89. The summed E-state index contributed by atoms with van der Waals surface area (Å²) in [7, 11) is 0. The lowest BCUT2D eigenvalue weighted by atomic mass is 9.77. The van der Waals surface area contributed by atoms with Gasteiger partial charge in [0.1, 0.15) is 0 Å². The molecule has 0 bridgehead atoms. The van der Waals surface area contributed by atoms with Crippen molar-refractivity contribution in [2.24, 2.45) is 5.41 Å². The molecule has 0 atom stereocenters. The molecule has 1 heterocycles. The molecule has 1 aromatic carbocycles. The van der Waals surface area contributed by atoms with Crippen molar-refractivity contribution in [2.75, 3.05) is 13.1 Å². The Bertz CT molecular complexity index is 510. The van der Waals surface area contributed by atoms with E-state index in [1.807, 2.05) is 25.1 Å². The van der Waals surface area contributed by atoms with E-state index in [0.29, 0.717) is 5.41 Å². The number of carbonyl (C=O) groups is 1. The standard InChI is InChI=1S/C17H22BrNO/c1-13-14(5-4-6-15(13)18)16(20)19-11-9-17(10-12-19)7-2-3-8-17/h4-6H,2-3,7-12H2,1H3. The average Bonchev–Trinajstić information content (AvgIpc) is 2.90. The van der Waals surface area contributed by atoms with Crippen molar-refractivity contribution in [1.29, 1.82) is 0 Å². The van der Waals surface area contributed by atoms with Gasteiger partial charge in [0.05, 0.1) is 0 Å². The van der Waals surface area contributed by atoms with Crippen molar-refractivity contribution in [3.05, 3.63) is 33.8 Å². The number of hydrogen-bond donors (Lipinski definition) is 0. The van der Waals surface area contributed by atoms with Gasteiger partial charge in [-0.25, -0.2) is 0 Å². The third-order valence-corrected chi connectivity index (χ3v) is 6.13. The molecule has 3 rings (SSSR count). The maximum absolute atomic E-state index is 12.7. The highest BCUT2D eigenvalue weighted by atomic mass is 79.9. The molecule has 20 heavy (non-hydrogen) atoms. The van der Waals surface area contributed by atoms with Crippen molar-refractivity contribution in [1.82, 2.24) is 4.90 Å². The van der Waals surface area contributed by atoms with Crippen molar-refractivity contribution >= 4 is 21.8 Å². The molecule has 1 saturated carbocycles. The molecule has 1 aromatic rings. The SMILES string of the molecule is Cc1c(Br)cccc1C(=O)N1CCC2(CCCC2)CC1. The van der Waals surface area contributed by atoms with E-state index >= 15 is 0 Å². The highest BCUT2D eigenvalue weighted by Crippen LogP contribution is 2.46. The first-order valence-corrected chi connectivity index (χ1v) is 8.45. The number of amides is 1. The molecule has 2 aliphatic rings. The molecule has 1 saturated heterocycles. The number of hydrogen-bond acceptors (Lipinski definition) is 1. The summed E-state index contributed by atoms with van der Waals surface area (Å²) in [5, 5.41) is 0. The van der Waals surface area contributed by atoms with Crippen molar-refractivity contribution in [3.63, 3.8) is 0 Å². The summed E-state index contributed by atoms with van der Waals surface area (Å²) in [4.78, 5) is 14.7. The first-order valence-electron chi connectivity index (χ1n) is 7.66. The fraction of sp³-hybridized carbons (Fsp3) is 0.588. The van der Waals surface area contributed by atoms with Crippen molar-refractivity contribution in [3.8, 4) is 0 Å². The fourth-order valence-corrected chi connectivity index (χ4v) is 4.18. The molecule has 1 spiro atoms. The van der Waals surface area contributed by atoms with Gasteiger partial charge in [-0.15, -0.1) is 0 Å². The molecule has 2 fully saturated rings. The Hall–Kier alpha value is -0.830. The minimum Gasteiger partial charge on any atom is -0.339 e. The van der Waals surface area contributed by atoms with Crippen LogP contribution < -0.4 is 0 Å². The van der Waals surface area contributed by atoms with Crippen molar-refractivity contribution in [2.45, 2.75) is 45.4 Å². The highest BCUT2D eigenvalue weighted by Gasteiger charge is 2.38. The van der Waals surface area contributed by atoms with Crippen LogP contribution in [-0.2, 0) is 0 Å². The molecule has 3 heteroatoms. The predicted octanol–water partition coefficient (Wildman–Crippen LogP) is 4.55. The van der Waals surface area contributed by atoms with E-state index in [2.05, 4.69) is 20.8 Å². The second-order valence-electron chi connectivity index (χ2n) is 6.41. The van der Waals surface area contributed by atoms with E-state index < -0.39 is 0 Å². The third-order valence-electron chi connectivity index (χ3n) is 5.27. The molecule has 1 amide bonds. The van der Waals surface area contributed by atoms with E-state index in [1.54, 1.807) is 0 Å². The molecule has 0 radical (unpaired) electrons. The molecule has 1 aliphatic carbocycles. The number of likely N-dealkylation sites (tertiary alicyclic amines) is 1. The summed E-state index contributed by atoms with van der Waals surface area (Å²) in [6.45, 7) is 3.88. The van der Waals surface area contributed by atoms with Crippen LogP contribution in [0.4, 0.5) is 0 Å². The Morgan fingerprint density at radius 2 is 1.80 bits per heavy atom. The zero-order valence-electron chi connectivity index (χ0n) is 12.1. The molecular formula is C17H22BrNO. The summed E-state index contributed by atoms with van der Waals surface area (Å²) in [6, 6.07) is 5.89. The van der Waals surface area contributed by atoms with Crippen LogP contribution in [0.25, 0.3) is 0 Å². The lowest BCUT2D eigenvalue weighted by molar-refractivity contribution is 0.0587. The van der Waals surface area contributed by atoms with Crippen LogP contribution in [0.1, 0.15) is 54.4 Å². The van der Waals surface area contributed by atoms with Crippen LogP contribution in [0.2, 0.25) is 0 Å². The summed E-state index contributed by atoms with van der Waals surface area (Å²) in [5.74, 6) is 0.205. The normalized spacial score (nSPS) is 21.4. The highest BCUT2D eigenvalue weighted by molar-refractivity contribution is 9.10. The van der Waals surface area contributed by atoms with Gasteiger partial charge < -0.3 is 4.90 Å². The minimum atomic E-state index is 0.205. The summed E-state index contributed by atoms with van der Waals surface area (Å²) in [6.07, 6.45) is 7.94. The topological polar surface area (TPSA) is 20.3 Å². The second-order valence-corrected chi connectivity index (χ2v) is 7.27. The average molecular weight is 336 g/mol. The molecular weight excluding hydrogens is 314 g/mol. The van der Waals surface area contributed by atoms with Gasteiger partial charge >= 0.3 is 0 Å². The first kappa shape index (κ1) is 14.1. The number of halogens is 1. The smallest absolute Gasteiger partial charge is 0.254 e. The van der Waals surface area contributed by atoms with Crippen LogP contribution >= 0.6 is 15.9 Å². The Balaban J connectivity index is 1.71. The molecule has 1 aliphatic heterocycles. The Labute approximate surface area is 129 Å². The van der Waals surface area contributed by atoms with Gasteiger partial charge in [0, 0.05) is 23.1 Å². The van der Waals surface area contributed by atoms with E-state index in [1.165, 1.54) is 38.5 Å². The van der Waals surface area contributed by atoms with E-state index in [0.717, 1.165) is 28.7 Å². The van der Waals surface area contributed by atoms with Crippen LogP contribution in [0, 0.1) is 12.3 Å². The van der Waals surface area contributed by atoms with Gasteiger partial charge in [-0.1, -0.05) is 34.8 Å². The zero-order chi connectivity index (χ0) is 14.2. The van der Waals surface area contributed by atoms with Crippen LogP contribution in [-0.4, -0.2) is 23.9 Å². The number of piperidine rings is 1. The van der Waals surface area contributed by atoms with Crippen molar-refractivity contribution < 1.29 is 4.79 Å². The van der Waals surface area contributed by atoms with E-state index in [9.17, 15) is 4.79 Å². The minimum absolute atomic E-state index is 0.205. The van der Waals surface area contributed by atoms with Crippen LogP contribution in [0.5, 0.6) is 0 Å². The first-order chi connectivity index (χ1) is 9.61. The summed E-state index contributed by atoms with van der Waals surface area (Å²) >= 11 is 3.52. The van der Waals surface area contributed by atoms with Gasteiger partial charge in [-0.2, -0.15) is 0 Å². The summed E-state index contributed by atoms with van der Waals surface area (Å²) in [5.41, 5.74) is 2.48. The van der Waals surface area contributed by atoms with Gasteiger partial charge in [-0.05, 0) is 55.7 Å². The summed E-state index contributed by atoms with van der Waals surface area (Å²) < 4.78 is 1.02. The quantitative estimate of drug-likeness (QED) is 0.736. The number of carbonyl (C=O) groups excluding carboxylic acids is 1. The van der Waals surface area contributed by atoms with Gasteiger partial charge in [-0.3, -0.25) is 4.79 Å². The predicted molar refractivity (Wildman–Crippen MR) is 84.9 cm³/mol. The van der Waals surface area contributed by atoms with Gasteiger partial charge in [0.15, 0.2) is 0 Å². The molecule has 108 valence electrons. The Morgan fingerprint density at radius 1 is 1.15 bits per heavy atom. The number of benzene rings is 1. The molecule has 0 N–H and O–H groups in total. The fourth-order valence-electron chi connectivity index (χ4n) is 3.82. The Morgan fingerprint density at radius 3 is 2.45 bits per heavy atom. The maximum atomic E-state index is 12.7. The largest absolute Gasteiger partial charge is 0.339 e. The van der Waals surface area contributed by atoms with Gasteiger partial charge in [0.25, 0.3) is 5.91 Å². The zero-order valence-corrected chi connectivity index (χ0v) is 13.7. The molecule has 0 aromatic heterocycles. The molecule has 2 nitrogen and oxygen atoms in total. The van der Waals surface area contributed by atoms with E-state index in [4.69, 9.17) is 0 Å². The maximum Gasteiger partial charge on any atom is 0.254 e. The lowest BCUT2D eigenvalue weighted by Crippen LogP contribution is -2.42. The van der Waals surface area contributed by atoms with E-state index in [-0.39, 0.29) is 5.91 Å². The monoisotopic (exact) mass is 335 g/mol. The second kappa shape index (κ2) is 5.51. The van der Waals surface area contributed by atoms with Crippen LogP contribution in [0.15, 0.2) is 22.7 Å². The number of nitrogens with zero attached hydrogens (tertiary/aromatic N) is 1. The van der Waals surface area contributed by atoms with Crippen LogP contribution in [0.3, 0.4) is 0 Å². The number of rotatable bonds is 1. The third kappa shape index (κ3) is 2.52. The molecule has 0 unspecified atom stereocenters.